The highest BCUT2D eigenvalue weighted by molar-refractivity contribution is 5.96. The van der Waals surface area contributed by atoms with Gasteiger partial charge in [-0.2, -0.15) is 0 Å². The summed E-state index contributed by atoms with van der Waals surface area (Å²) in [4.78, 5) is 25.8. The third kappa shape index (κ3) is 2.65. The first-order valence-corrected chi connectivity index (χ1v) is 11.8. The molecule has 0 radical (unpaired) electrons. The summed E-state index contributed by atoms with van der Waals surface area (Å²) in [5.74, 6) is 3.49. The van der Waals surface area contributed by atoms with Gasteiger partial charge in [-0.05, 0) is 86.5 Å². The lowest BCUT2D eigenvalue weighted by atomic mass is 9.44. The first kappa shape index (κ1) is 21.3. The van der Waals surface area contributed by atoms with Crippen LogP contribution in [0.3, 0.4) is 0 Å². The Morgan fingerprint density at radius 1 is 1.07 bits per heavy atom. The van der Waals surface area contributed by atoms with Crippen molar-refractivity contribution < 1.29 is 14.3 Å². The van der Waals surface area contributed by atoms with Crippen LogP contribution in [0.5, 0.6) is 0 Å². The standard InChI is InChI=1S/C26H40O3/c1-8-22(28)26(29-7)12-10-19-18-14-24(4,5)20-13-21(27)15(2)16(3)23(20)17(18)9-11-25(19,26)6/h17-20,23H,8-14H2,1-7H3/t17?,18?,19?,20?,23?,25-,26?/m0/s1. The lowest BCUT2D eigenvalue weighted by molar-refractivity contribution is -0.174. The van der Waals surface area contributed by atoms with Gasteiger partial charge in [-0.15, -0.1) is 0 Å². The number of ketones is 2. The molecule has 3 fully saturated rings. The van der Waals surface area contributed by atoms with Gasteiger partial charge in [-0.1, -0.05) is 33.3 Å². The monoisotopic (exact) mass is 400 g/mol. The van der Waals surface area contributed by atoms with Crippen LogP contribution in [-0.4, -0.2) is 24.3 Å². The zero-order chi connectivity index (χ0) is 21.4. The largest absolute Gasteiger partial charge is 0.370 e. The van der Waals surface area contributed by atoms with Gasteiger partial charge in [0, 0.05) is 25.4 Å². The molecule has 29 heavy (non-hydrogen) atoms. The molecule has 3 saturated carbocycles. The Bertz CT molecular complexity index is 762. The van der Waals surface area contributed by atoms with Crippen molar-refractivity contribution in [1.82, 2.24) is 0 Å². The van der Waals surface area contributed by atoms with Gasteiger partial charge in [0.2, 0.25) is 0 Å². The fourth-order valence-electron chi connectivity index (χ4n) is 8.64. The van der Waals surface area contributed by atoms with Crippen LogP contribution < -0.4 is 0 Å². The van der Waals surface area contributed by atoms with Crippen LogP contribution in [0.15, 0.2) is 11.1 Å². The van der Waals surface area contributed by atoms with Gasteiger partial charge in [-0.25, -0.2) is 0 Å². The van der Waals surface area contributed by atoms with Crippen LogP contribution in [0.25, 0.3) is 0 Å². The molecule has 3 nitrogen and oxygen atoms in total. The summed E-state index contributed by atoms with van der Waals surface area (Å²) in [6.07, 6.45) is 6.68. The maximum absolute atomic E-state index is 13.1. The first-order chi connectivity index (χ1) is 13.5. The van der Waals surface area contributed by atoms with Gasteiger partial charge in [0.1, 0.15) is 5.60 Å². The Morgan fingerprint density at radius 3 is 2.38 bits per heavy atom. The van der Waals surface area contributed by atoms with E-state index < -0.39 is 5.60 Å². The Balaban J connectivity index is 1.76. The van der Waals surface area contributed by atoms with Gasteiger partial charge >= 0.3 is 0 Å². The van der Waals surface area contributed by atoms with Crippen LogP contribution in [0.1, 0.15) is 86.5 Å². The molecule has 0 bridgehead atoms. The van der Waals surface area contributed by atoms with E-state index in [-0.39, 0.29) is 10.8 Å². The van der Waals surface area contributed by atoms with E-state index in [1.807, 2.05) is 13.8 Å². The number of carbonyl (C=O) groups is 2. The Labute approximate surface area is 177 Å². The van der Waals surface area contributed by atoms with Crippen LogP contribution in [0.2, 0.25) is 0 Å². The van der Waals surface area contributed by atoms with E-state index in [2.05, 4.69) is 27.7 Å². The van der Waals surface area contributed by atoms with E-state index >= 15 is 0 Å². The minimum Gasteiger partial charge on any atom is -0.370 e. The fourth-order valence-corrected chi connectivity index (χ4v) is 8.64. The molecule has 7 atom stereocenters. The predicted octanol–water partition coefficient (Wildman–Crippen LogP) is 5.76. The van der Waals surface area contributed by atoms with Crippen LogP contribution in [0.4, 0.5) is 0 Å². The number of hydrogen-bond donors (Lipinski definition) is 0. The van der Waals surface area contributed by atoms with Crippen molar-refractivity contribution >= 4 is 11.6 Å². The molecule has 0 N–H and O–H groups in total. The van der Waals surface area contributed by atoms with E-state index in [9.17, 15) is 9.59 Å². The number of allylic oxidation sites excluding steroid dienone is 2. The smallest absolute Gasteiger partial charge is 0.164 e. The number of hydrogen-bond acceptors (Lipinski definition) is 3. The molecule has 162 valence electrons. The van der Waals surface area contributed by atoms with Crippen molar-refractivity contribution in [2.24, 2.45) is 40.4 Å². The van der Waals surface area contributed by atoms with Crippen molar-refractivity contribution in [3.63, 3.8) is 0 Å². The van der Waals surface area contributed by atoms with Gasteiger partial charge in [-0.3, -0.25) is 9.59 Å². The highest BCUT2D eigenvalue weighted by Crippen LogP contribution is 2.69. The van der Waals surface area contributed by atoms with Gasteiger partial charge in [0.25, 0.3) is 0 Å². The lowest BCUT2D eigenvalue weighted by Gasteiger charge is -2.61. The van der Waals surface area contributed by atoms with Crippen molar-refractivity contribution in [2.45, 2.75) is 92.1 Å². The number of methoxy groups -OCH3 is 1. The second kappa shape index (κ2) is 6.77. The third-order valence-corrected chi connectivity index (χ3v) is 10.3. The minimum absolute atomic E-state index is 0.0594. The summed E-state index contributed by atoms with van der Waals surface area (Å²) in [6.45, 7) is 13.4. The summed E-state index contributed by atoms with van der Waals surface area (Å²) in [7, 11) is 1.76. The quantitative estimate of drug-likeness (QED) is 0.604. The molecular formula is C26H40O3. The highest BCUT2D eigenvalue weighted by atomic mass is 16.5. The highest BCUT2D eigenvalue weighted by Gasteiger charge is 2.67. The SMILES string of the molecule is CCC(=O)C1(OC)CCC2C3CC(C)(C)C4CC(=O)C(C)=C(C)C4C3CC[C@@]21C. The molecule has 6 unspecified atom stereocenters. The summed E-state index contributed by atoms with van der Waals surface area (Å²) >= 11 is 0. The van der Waals surface area contributed by atoms with Crippen LogP contribution in [0, 0.1) is 40.4 Å². The average molecular weight is 401 g/mol. The fraction of sp³-hybridized carbons (Fsp3) is 0.846. The number of carbonyl (C=O) groups excluding carboxylic acids is 2. The summed E-state index contributed by atoms with van der Waals surface area (Å²) in [5, 5.41) is 0. The van der Waals surface area contributed by atoms with Crippen molar-refractivity contribution in [3.05, 3.63) is 11.1 Å². The molecular weight excluding hydrogens is 360 g/mol. The minimum atomic E-state index is -0.596. The molecule has 4 aliphatic rings. The molecule has 0 aromatic rings. The molecule has 0 aliphatic heterocycles. The number of ether oxygens (including phenoxy) is 1. The topological polar surface area (TPSA) is 43.4 Å². The Kier molecular flexibility index (Phi) is 4.97. The lowest BCUT2D eigenvalue weighted by Crippen LogP contribution is -2.59. The van der Waals surface area contributed by atoms with E-state index in [1.165, 1.54) is 12.0 Å². The zero-order valence-electron chi connectivity index (χ0n) is 19.6. The van der Waals surface area contributed by atoms with Crippen molar-refractivity contribution in [1.29, 1.82) is 0 Å². The average Bonchev–Trinajstić information content (AvgIpc) is 2.99. The molecule has 0 aromatic carbocycles. The molecule has 0 heterocycles. The molecule has 4 rings (SSSR count). The number of Topliss-reactive ketones (excluding diaryl/α,β-unsaturated/α-hetero) is 2. The Hall–Kier alpha value is -0.960. The van der Waals surface area contributed by atoms with Crippen LogP contribution in [-0.2, 0) is 14.3 Å². The van der Waals surface area contributed by atoms with Crippen LogP contribution >= 0.6 is 0 Å². The molecule has 0 spiro atoms. The third-order valence-electron chi connectivity index (χ3n) is 10.3. The maximum atomic E-state index is 13.1. The van der Waals surface area contributed by atoms with Gasteiger partial charge in [0.15, 0.2) is 11.6 Å². The van der Waals surface area contributed by atoms with E-state index in [4.69, 9.17) is 4.74 Å². The van der Waals surface area contributed by atoms with Gasteiger partial charge in [0.05, 0.1) is 0 Å². The van der Waals surface area contributed by atoms with Crippen molar-refractivity contribution in [2.75, 3.05) is 7.11 Å². The first-order valence-electron chi connectivity index (χ1n) is 11.8. The number of rotatable bonds is 3. The number of fused-ring (bicyclic) bond motifs is 5. The second-order valence-corrected chi connectivity index (χ2v) is 11.5. The Morgan fingerprint density at radius 2 is 1.76 bits per heavy atom. The van der Waals surface area contributed by atoms with E-state index in [0.717, 1.165) is 37.7 Å². The normalized spacial score (nSPS) is 46.2. The second-order valence-electron chi connectivity index (χ2n) is 11.5. The summed E-state index contributed by atoms with van der Waals surface area (Å²) in [5.41, 5.74) is 1.89. The molecule has 0 saturated heterocycles. The summed E-state index contributed by atoms with van der Waals surface area (Å²) in [6, 6.07) is 0. The zero-order valence-corrected chi connectivity index (χ0v) is 19.6. The van der Waals surface area contributed by atoms with E-state index in [1.54, 1.807) is 7.11 Å². The molecule has 0 amide bonds. The van der Waals surface area contributed by atoms with E-state index in [0.29, 0.717) is 47.6 Å². The molecule has 3 heteroatoms. The molecule has 0 aromatic heterocycles. The summed E-state index contributed by atoms with van der Waals surface area (Å²) < 4.78 is 6.11. The van der Waals surface area contributed by atoms with Gasteiger partial charge < -0.3 is 4.74 Å². The maximum Gasteiger partial charge on any atom is 0.164 e. The predicted molar refractivity (Wildman–Crippen MR) is 115 cm³/mol. The molecule has 4 aliphatic carbocycles. The van der Waals surface area contributed by atoms with Crippen molar-refractivity contribution in [3.8, 4) is 0 Å².